The van der Waals surface area contributed by atoms with Gasteiger partial charge in [0.15, 0.2) is 140 Å². The number of para-hydroxylation sites is 4. The molecule has 0 bridgehead atoms. The summed E-state index contributed by atoms with van der Waals surface area (Å²) in [4.78, 5) is 0. The minimum atomic E-state index is -7.22. The molecule has 0 N–H and O–H groups in total. The largest absolute Gasteiger partial charge is 0.497 e. The molecule has 13 aromatic carbocycles. The van der Waals surface area contributed by atoms with Crippen LogP contribution >= 0.6 is 0 Å². The first-order valence-electron chi connectivity index (χ1n) is 34.9. The van der Waals surface area contributed by atoms with Crippen LogP contribution in [0.15, 0.2) is 146 Å². The number of ether oxygens (including phenoxy) is 1. The van der Waals surface area contributed by atoms with Gasteiger partial charge >= 0.3 is 0 Å². The Bertz CT molecular complexity index is 5400. The Balaban J connectivity index is 0.000000191. The summed E-state index contributed by atoms with van der Waals surface area (Å²) in [5.41, 5.74) is -22.3. The second kappa shape index (κ2) is 36.7. The highest BCUT2D eigenvalue weighted by atomic mass is 19.2. The van der Waals surface area contributed by atoms with Crippen LogP contribution in [0.3, 0.4) is 0 Å². The Kier molecular flexibility index (Phi) is 27.8. The van der Waals surface area contributed by atoms with E-state index in [1.165, 1.54) is 28.3 Å². The molecule has 0 fully saturated rings. The number of methoxy groups -OCH3 is 1. The summed E-state index contributed by atoms with van der Waals surface area (Å²) >= 11 is 0. The molecule has 0 atom stereocenters. The van der Waals surface area contributed by atoms with Gasteiger partial charge in [0, 0.05) is 5.56 Å². The molecule has 45 heteroatoms. The second-order valence-electron chi connectivity index (χ2n) is 27.6. The first-order chi connectivity index (χ1) is 59.8. The maximum absolute atomic E-state index is 15.4. The number of quaternary nitrogens is 2. The zero-order valence-corrected chi connectivity index (χ0v) is 63.1. The third-order valence-corrected chi connectivity index (χ3v) is 20.4. The van der Waals surface area contributed by atoms with Gasteiger partial charge in [-0.05, 0) is 72.8 Å². The SMILES string of the molecule is COc1ccc(C[N+](C)(C)c2ccccc2)cc1.C[N+](c1ccccc1)(c1ccccc1)c1ccccc1.Fc1c(F)c(F)c([B-](c2c(F)c(F)c(F)c(F)c2F)(c2c(F)c(F)c(F)c(F)c2F)c2c(F)c(F)c(F)c(F)c2F)c(F)c1F.Fc1c(F)c(F)c([B-](c2c(F)c(F)c(F)c(F)c2F)(c2c(F)c(F)c(F)c(F)c2F)c2c(F)c(F)c(F)c(F)c2F)c(F)c1F. The van der Waals surface area contributed by atoms with Crippen molar-refractivity contribution in [2.24, 2.45) is 0 Å². The highest BCUT2D eigenvalue weighted by Gasteiger charge is 2.55. The van der Waals surface area contributed by atoms with Crippen molar-refractivity contribution in [3.05, 3.63) is 384 Å². The number of hydrogen-bond acceptors (Lipinski definition) is 1. The lowest BCUT2D eigenvalue weighted by atomic mass is 9.12. The van der Waals surface area contributed by atoms with Crippen LogP contribution in [0.4, 0.5) is 198 Å². The Labute approximate surface area is 690 Å². The fourth-order valence-corrected chi connectivity index (χ4v) is 14.5. The third-order valence-electron chi connectivity index (χ3n) is 20.4. The van der Waals surface area contributed by atoms with Crippen LogP contribution in [0.25, 0.3) is 0 Å². The van der Waals surface area contributed by atoms with Crippen molar-refractivity contribution < 1.29 is 180 Å². The molecule has 13 aromatic rings. The fourth-order valence-electron chi connectivity index (χ4n) is 14.5. The summed E-state index contributed by atoms with van der Waals surface area (Å²) in [6, 6.07) is 50.7. The van der Waals surface area contributed by atoms with Crippen LogP contribution in [0, 0.1) is 233 Å². The molecule has 0 heterocycles. The Morgan fingerprint density at radius 3 is 0.453 bits per heavy atom. The average molecular weight is 1860 g/mol. The van der Waals surface area contributed by atoms with Gasteiger partial charge in [0.25, 0.3) is 0 Å². The molecule has 0 aromatic heterocycles. The van der Waals surface area contributed by atoms with Gasteiger partial charge in [-0.3, -0.25) is 4.48 Å². The van der Waals surface area contributed by atoms with Crippen molar-refractivity contribution in [3.63, 3.8) is 0 Å². The molecule has 0 unspecified atom stereocenters. The van der Waals surface area contributed by atoms with Gasteiger partial charge in [0.1, 0.15) is 140 Å². The molecule has 128 heavy (non-hydrogen) atoms. The maximum atomic E-state index is 15.4. The summed E-state index contributed by atoms with van der Waals surface area (Å²) in [7, 11) is 8.37. The zero-order chi connectivity index (χ0) is 95.6. The smallest absolute Gasteiger partial charge is 0.200 e. The van der Waals surface area contributed by atoms with Gasteiger partial charge in [-0.15, -0.1) is 43.7 Å². The number of benzene rings is 13. The molecular formula is C83H38B2F40N2O. The van der Waals surface area contributed by atoms with E-state index in [1.54, 1.807) is 7.11 Å². The molecule has 13 rings (SSSR count). The Morgan fingerprint density at radius 1 is 0.180 bits per heavy atom. The van der Waals surface area contributed by atoms with Crippen LogP contribution in [0.2, 0.25) is 0 Å². The Hall–Kier alpha value is -13.1. The minimum absolute atomic E-state index is 0.669. The normalized spacial score (nSPS) is 11.8. The molecule has 672 valence electrons. The van der Waals surface area contributed by atoms with Crippen molar-refractivity contribution in [1.82, 2.24) is 8.97 Å². The summed E-state index contributed by atoms with van der Waals surface area (Å²) in [6.45, 7) is 0.966. The van der Waals surface area contributed by atoms with Crippen LogP contribution in [0.5, 0.6) is 5.75 Å². The topological polar surface area (TPSA) is 9.23 Å². The van der Waals surface area contributed by atoms with Crippen LogP contribution in [-0.2, 0) is 6.54 Å². The van der Waals surface area contributed by atoms with Gasteiger partial charge < -0.3 is 4.74 Å². The van der Waals surface area contributed by atoms with Crippen LogP contribution < -0.4 is 57.4 Å². The summed E-state index contributed by atoms with van der Waals surface area (Å²) in [5.74, 6) is -142. The van der Waals surface area contributed by atoms with E-state index in [1.807, 2.05) is 12.1 Å². The van der Waals surface area contributed by atoms with Gasteiger partial charge in [-0.1, -0.05) is 72.8 Å². The summed E-state index contributed by atoms with van der Waals surface area (Å²) in [6.07, 6.45) is -14.4. The van der Waals surface area contributed by atoms with Crippen molar-refractivity contribution in [1.29, 1.82) is 0 Å². The highest BCUT2D eigenvalue weighted by Crippen LogP contribution is 2.42. The molecule has 0 aliphatic heterocycles. The van der Waals surface area contributed by atoms with Gasteiger partial charge in [0.05, 0.1) is 28.3 Å². The third kappa shape index (κ3) is 15.7. The van der Waals surface area contributed by atoms with E-state index in [-0.39, 0.29) is 0 Å². The van der Waals surface area contributed by atoms with Crippen LogP contribution in [-0.4, -0.2) is 40.5 Å². The van der Waals surface area contributed by atoms with Crippen molar-refractivity contribution >= 4 is 78.7 Å². The zero-order valence-electron chi connectivity index (χ0n) is 63.1. The van der Waals surface area contributed by atoms with E-state index in [9.17, 15) is 105 Å². The van der Waals surface area contributed by atoms with E-state index >= 15 is 70.2 Å². The van der Waals surface area contributed by atoms with Crippen molar-refractivity contribution in [2.75, 3.05) is 28.3 Å². The molecule has 0 saturated carbocycles. The van der Waals surface area contributed by atoms with Gasteiger partial charge in [0.2, 0.25) is 0 Å². The first kappa shape index (κ1) is 97.1. The highest BCUT2D eigenvalue weighted by molar-refractivity contribution is 7.21. The van der Waals surface area contributed by atoms with E-state index in [0.717, 1.165) is 16.8 Å². The fraction of sp³-hybridized carbons (Fsp3) is 0.0602. The van der Waals surface area contributed by atoms with E-state index in [0.29, 0.717) is 4.48 Å². The first-order valence-corrected chi connectivity index (χ1v) is 34.9. The van der Waals surface area contributed by atoms with Gasteiger partial charge in [-0.25, -0.2) is 180 Å². The molecule has 0 amide bonds. The van der Waals surface area contributed by atoms with Crippen molar-refractivity contribution in [2.45, 2.75) is 6.54 Å². The summed E-state index contributed by atoms with van der Waals surface area (Å²) < 4.78 is 595. The molecule has 0 spiro atoms. The van der Waals surface area contributed by atoms with E-state index in [4.69, 9.17) is 4.74 Å². The Morgan fingerprint density at radius 2 is 0.312 bits per heavy atom. The predicted molar refractivity (Wildman–Crippen MR) is 382 cm³/mol. The summed E-state index contributed by atoms with van der Waals surface area (Å²) in [5, 5.41) is 0. The number of nitrogens with zero attached hydrogens (tertiary/aromatic N) is 2. The monoisotopic (exact) mass is 1860 g/mol. The average Bonchev–Trinajstić information content (AvgIpc) is 0.683. The quantitative estimate of drug-likeness (QED) is 0.0327. The van der Waals surface area contributed by atoms with Gasteiger partial charge in [-0.2, -0.15) is 0 Å². The lowest BCUT2D eigenvalue weighted by Gasteiger charge is -2.44. The second-order valence-corrected chi connectivity index (χ2v) is 27.6. The molecule has 0 aliphatic rings. The lowest BCUT2D eigenvalue weighted by molar-refractivity contribution is 0.377. The molecule has 3 nitrogen and oxygen atoms in total. The predicted octanol–water partition coefficient (Wildman–Crippen LogP) is 20.4. The lowest BCUT2D eigenvalue weighted by Crippen LogP contribution is -2.81. The standard InChI is InChI=1S/2C24BF20.C19H18N.C16H20NO/c2*26-5-1(6(27)14(35)21(42)13(5)34)25(2-7(28)15(36)22(43)16(37)8(2)29,3-9(30)17(38)23(44)18(39)10(3)31)4-11(32)19(40)24(45)20(41)12(4)33;1-20(17-11-5-2-6-12-17,18-13-7-3-8-14-18)19-15-9-4-10-16-19;1-17(2,15-7-5-4-6-8-15)13-14-9-11-16(18-3)12-10-14/h;;2-16H,1H3;4-12H,13H2,1-3H3/q2*-1;2*+1. The van der Waals surface area contributed by atoms with Crippen molar-refractivity contribution in [3.8, 4) is 5.75 Å². The molecular weight excluding hydrogens is 1820 g/mol. The number of halogens is 40. The maximum Gasteiger partial charge on any atom is 0.200 e. The molecule has 0 aliphatic carbocycles. The molecule has 0 radical (unpaired) electrons. The molecule has 0 saturated heterocycles. The minimum Gasteiger partial charge on any atom is -0.497 e. The number of rotatable bonds is 15. The van der Waals surface area contributed by atoms with E-state index in [2.05, 4.69) is 155 Å². The van der Waals surface area contributed by atoms with Crippen LogP contribution in [0.1, 0.15) is 5.56 Å². The van der Waals surface area contributed by atoms with E-state index < -0.39 is 289 Å². The number of hydrogen-bond donors (Lipinski definition) is 0.